The maximum atomic E-state index is 13.1. The first-order chi connectivity index (χ1) is 32.7. The highest BCUT2D eigenvalue weighted by atomic mass is 16.7. The molecule has 67 heavy (non-hydrogen) atoms. The van der Waals surface area contributed by atoms with Crippen LogP contribution in [0.15, 0.2) is 24.3 Å². The molecule has 11 nitrogen and oxygen atoms in total. The molecule has 9 unspecified atom stereocenters. The molecular weight excluding hydrogens is 847 g/mol. The summed E-state index contributed by atoms with van der Waals surface area (Å²) < 4.78 is 11.1. The van der Waals surface area contributed by atoms with Crippen LogP contribution >= 0.6 is 0 Å². The van der Waals surface area contributed by atoms with Crippen LogP contribution < -0.4 is 5.32 Å². The van der Waals surface area contributed by atoms with E-state index in [-0.39, 0.29) is 12.8 Å². The van der Waals surface area contributed by atoms with Gasteiger partial charge in [-0.05, 0) is 44.9 Å². The molecule has 1 aliphatic rings. The average molecular weight is 954 g/mol. The van der Waals surface area contributed by atoms with Crippen molar-refractivity contribution in [2.24, 2.45) is 0 Å². The molecule has 0 saturated carbocycles. The van der Waals surface area contributed by atoms with E-state index in [1.807, 2.05) is 0 Å². The molecule has 1 saturated heterocycles. The van der Waals surface area contributed by atoms with Crippen LogP contribution in [0.4, 0.5) is 0 Å². The zero-order valence-electron chi connectivity index (χ0n) is 43.1. The van der Waals surface area contributed by atoms with Crippen molar-refractivity contribution in [1.29, 1.82) is 0 Å². The summed E-state index contributed by atoms with van der Waals surface area (Å²) in [6.07, 6.45) is 42.7. The van der Waals surface area contributed by atoms with Gasteiger partial charge in [-0.3, -0.25) is 4.79 Å². The van der Waals surface area contributed by atoms with Crippen molar-refractivity contribution in [3.05, 3.63) is 24.3 Å². The van der Waals surface area contributed by atoms with E-state index in [0.29, 0.717) is 19.3 Å². The van der Waals surface area contributed by atoms with Crippen LogP contribution in [-0.4, -0.2) is 110 Å². The van der Waals surface area contributed by atoms with Gasteiger partial charge in [-0.15, -0.1) is 0 Å². The normalized spacial score (nSPS) is 20.8. The molecule has 1 amide bonds. The Bertz CT molecular complexity index is 1140. The maximum Gasteiger partial charge on any atom is 0.249 e. The van der Waals surface area contributed by atoms with Gasteiger partial charge in [0.1, 0.15) is 36.6 Å². The first kappa shape index (κ1) is 63.6. The summed E-state index contributed by atoms with van der Waals surface area (Å²) in [6, 6.07) is -1.19. The van der Waals surface area contributed by atoms with Gasteiger partial charge < -0.3 is 50.5 Å². The van der Waals surface area contributed by atoms with Gasteiger partial charge in [0.15, 0.2) is 6.29 Å². The minimum absolute atomic E-state index is 0.247. The highest BCUT2D eigenvalue weighted by molar-refractivity contribution is 5.80. The van der Waals surface area contributed by atoms with Crippen molar-refractivity contribution >= 4 is 5.91 Å². The Morgan fingerprint density at radius 2 is 0.896 bits per heavy atom. The fraction of sp³-hybridized carbons (Fsp3) is 0.911. The molecule has 0 radical (unpaired) electrons. The smallest absolute Gasteiger partial charge is 0.249 e. The number of hydrogen-bond acceptors (Lipinski definition) is 10. The minimum atomic E-state index is -1.67. The zero-order chi connectivity index (χ0) is 49.0. The van der Waals surface area contributed by atoms with Crippen LogP contribution in [0, 0.1) is 0 Å². The van der Waals surface area contributed by atoms with Crippen molar-refractivity contribution in [3.63, 3.8) is 0 Å². The summed E-state index contributed by atoms with van der Waals surface area (Å²) in [5.74, 6) is -0.708. The largest absolute Gasteiger partial charge is 0.394 e. The lowest BCUT2D eigenvalue weighted by Crippen LogP contribution is -2.60. The summed E-state index contributed by atoms with van der Waals surface area (Å²) in [5, 5.41) is 75.8. The van der Waals surface area contributed by atoms with Crippen LogP contribution in [0.25, 0.3) is 0 Å². The van der Waals surface area contributed by atoms with E-state index in [9.17, 15) is 40.5 Å². The summed E-state index contributed by atoms with van der Waals surface area (Å²) in [6.45, 7) is 3.39. The molecule has 0 bridgehead atoms. The molecule has 0 aromatic heterocycles. The fourth-order valence-electron chi connectivity index (χ4n) is 9.09. The molecule has 1 rings (SSSR count). The molecule has 11 heteroatoms. The first-order valence-corrected chi connectivity index (χ1v) is 28.2. The Morgan fingerprint density at radius 1 is 0.507 bits per heavy atom. The number of nitrogens with one attached hydrogen (secondary N) is 1. The van der Waals surface area contributed by atoms with Gasteiger partial charge in [0, 0.05) is 0 Å². The minimum Gasteiger partial charge on any atom is -0.394 e. The predicted octanol–water partition coefficient (Wildman–Crippen LogP) is 11.3. The number of allylic oxidation sites excluding steroid dienone is 4. The summed E-state index contributed by atoms with van der Waals surface area (Å²) in [7, 11) is 0. The zero-order valence-corrected chi connectivity index (χ0v) is 43.1. The highest BCUT2D eigenvalue weighted by Gasteiger charge is 2.44. The number of carbonyl (C=O) groups excluding carboxylic acids is 1. The second-order valence-corrected chi connectivity index (χ2v) is 20.0. The Hall–Kier alpha value is -1.41. The van der Waals surface area contributed by atoms with E-state index in [4.69, 9.17) is 9.47 Å². The Labute approximate surface area is 410 Å². The number of hydrogen-bond donors (Lipinski definition) is 8. The quantitative estimate of drug-likeness (QED) is 0.0215. The second-order valence-electron chi connectivity index (χ2n) is 20.0. The van der Waals surface area contributed by atoms with Crippen LogP contribution in [0.1, 0.15) is 258 Å². The molecular formula is C56H107NO10. The van der Waals surface area contributed by atoms with Crippen molar-refractivity contribution in [2.45, 2.75) is 313 Å². The Balaban J connectivity index is 2.21. The van der Waals surface area contributed by atoms with E-state index in [1.54, 1.807) is 0 Å². The van der Waals surface area contributed by atoms with Crippen LogP contribution in [0.5, 0.6) is 0 Å². The molecule has 0 aromatic carbocycles. The Kier molecular flexibility index (Phi) is 43.4. The summed E-state index contributed by atoms with van der Waals surface area (Å²) >= 11 is 0. The molecule has 8 N–H and O–H groups in total. The van der Waals surface area contributed by atoms with Crippen molar-refractivity contribution in [1.82, 2.24) is 5.32 Å². The number of aliphatic hydroxyl groups is 7. The lowest BCUT2D eigenvalue weighted by atomic mass is 9.98. The van der Waals surface area contributed by atoms with E-state index < -0.39 is 74.2 Å². The van der Waals surface area contributed by atoms with Gasteiger partial charge in [0.2, 0.25) is 5.91 Å². The number of aliphatic hydroxyl groups excluding tert-OH is 7. The van der Waals surface area contributed by atoms with Gasteiger partial charge in [-0.25, -0.2) is 0 Å². The molecule has 0 spiro atoms. The molecule has 396 valence electrons. The van der Waals surface area contributed by atoms with Gasteiger partial charge in [0.05, 0.1) is 25.4 Å². The third kappa shape index (κ3) is 34.5. The topological polar surface area (TPSA) is 189 Å². The first-order valence-electron chi connectivity index (χ1n) is 28.2. The molecule has 1 aliphatic heterocycles. The highest BCUT2D eigenvalue weighted by Crippen LogP contribution is 2.23. The lowest BCUT2D eigenvalue weighted by Gasteiger charge is -2.40. The standard InChI is InChI=1S/C56H107NO10/c1-3-5-7-9-11-13-15-16-17-18-19-20-21-22-23-24-25-26-27-28-29-30-31-32-34-36-38-40-42-44-49(60)55(65)57-47(46-66-56-54(64)53(63)52(62)50(45-58)67-56)51(61)48(59)43-41-39-37-35-33-14-12-10-8-6-4-2/h10,12,35,37,47-54,56,58-64H,3-9,11,13-34,36,38-46H2,1-2H3,(H,57,65)/b12-10+,37-35+. The van der Waals surface area contributed by atoms with E-state index >= 15 is 0 Å². The predicted molar refractivity (Wildman–Crippen MR) is 275 cm³/mol. The third-order valence-electron chi connectivity index (χ3n) is 13.7. The number of ether oxygens (including phenoxy) is 2. The van der Waals surface area contributed by atoms with Crippen LogP contribution in [-0.2, 0) is 14.3 Å². The van der Waals surface area contributed by atoms with Gasteiger partial charge in [-0.1, -0.05) is 237 Å². The van der Waals surface area contributed by atoms with Crippen LogP contribution in [0.2, 0.25) is 0 Å². The third-order valence-corrected chi connectivity index (χ3v) is 13.7. The second kappa shape index (κ2) is 45.7. The van der Waals surface area contributed by atoms with E-state index in [2.05, 4.69) is 43.5 Å². The fourth-order valence-corrected chi connectivity index (χ4v) is 9.09. The van der Waals surface area contributed by atoms with Crippen molar-refractivity contribution < 1.29 is 50.0 Å². The summed E-state index contributed by atoms with van der Waals surface area (Å²) in [4.78, 5) is 13.1. The number of unbranched alkanes of at least 4 members (excludes halogenated alkanes) is 32. The van der Waals surface area contributed by atoms with E-state index in [0.717, 1.165) is 38.5 Å². The molecule has 0 aliphatic carbocycles. The molecule has 1 fully saturated rings. The van der Waals surface area contributed by atoms with Gasteiger partial charge in [0.25, 0.3) is 0 Å². The maximum absolute atomic E-state index is 13.1. The average Bonchev–Trinajstić information content (AvgIpc) is 3.33. The van der Waals surface area contributed by atoms with Gasteiger partial charge >= 0.3 is 0 Å². The lowest BCUT2D eigenvalue weighted by molar-refractivity contribution is -0.303. The Morgan fingerprint density at radius 3 is 1.31 bits per heavy atom. The number of carbonyl (C=O) groups is 1. The molecule has 1 heterocycles. The number of rotatable bonds is 48. The SMILES string of the molecule is CCCC/C=C/CC/C=C/CCCC(O)C(O)C(COC1OC(CO)C(O)C(O)C1O)NC(=O)C(O)CCCCCCCCCCCCCCCCCCCCCCCCCCCCCCC. The molecule has 9 atom stereocenters. The molecule has 0 aromatic rings. The van der Waals surface area contributed by atoms with Gasteiger partial charge in [-0.2, -0.15) is 0 Å². The number of amides is 1. The summed E-state index contributed by atoms with van der Waals surface area (Å²) in [5.41, 5.74) is 0. The van der Waals surface area contributed by atoms with Crippen molar-refractivity contribution in [3.8, 4) is 0 Å². The van der Waals surface area contributed by atoms with E-state index in [1.165, 1.54) is 173 Å². The monoisotopic (exact) mass is 954 g/mol. The van der Waals surface area contributed by atoms with Crippen molar-refractivity contribution in [2.75, 3.05) is 13.2 Å². The van der Waals surface area contributed by atoms with Crippen LogP contribution in [0.3, 0.4) is 0 Å².